The molecular weight excluding hydrogens is 200 g/mol. The highest BCUT2D eigenvalue weighted by Crippen LogP contribution is 2.17. The third kappa shape index (κ3) is 1.53. The van der Waals surface area contributed by atoms with Crippen molar-refractivity contribution in [2.24, 2.45) is 0 Å². The van der Waals surface area contributed by atoms with Crippen molar-refractivity contribution in [3.05, 3.63) is 5.82 Å². The first kappa shape index (κ1) is 9.56. The summed E-state index contributed by atoms with van der Waals surface area (Å²) < 4.78 is 0. The SMILES string of the molecule is CC1(C)NC(=O)N(Cc2nn[nH]n2)C1=O. The Bertz CT molecular complexity index is 398. The van der Waals surface area contributed by atoms with Crippen molar-refractivity contribution in [3.63, 3.8) is 0 Å². The molecule has 8 nitrogen and oxygen atoms in total. The maximum absolute atomic E-state index is 11.7. The van der Waals surface area contributed by atoms with Crippen LogP contribution in [0.5, 0.6) is 0 Å². The zero-order valence-electron chi connectivity index (χ0n) is 8.31. The van der Waals surface area contributed by atoms with Gasteiger partial charge in [0.25, 0.3) is 5.91 Å². The van der Waals surface area contributed by atoms with E-state index in [9.17, 15) is 9.59 Å². The van der Waals surface area contributed by atoms with Gasteiger partial charge in [-0.2, -0.15) is 5.21 Å². The number of H-pyrrole nitrogens is 1. The van der Waals surface area contributed by atoms with E-state index in [0.29, 0.717) is 5.82 Å². The van der Waals surface area contributed by atoms with E-state index >= 15 is 0 Å². The van der Waals surface area contributed by atoms with Crippen LogP contribution in [0.3, 0.4) is 0 Å². The molecule has 0 bridgehead atoms. The number of aromatic nitrogens is 4. The molecule has 0 unspecified atom stereocenters. The number of hydrogen-bond donors (Lipinski definition) is 2. The third-order valence-electron chi connectivity index (χ3n) is 2.13. The lowest BCUT2D eigenvalue weighted by Gasteiger charge is -2.14. The molecule has 2 heterocycles. The van der Waals surface area contributed by atoms with Crippen molar-refractivity contribution in [3.8, 4) is 0 Å². The molecule has 15 heavy (non-hydrogen) atoms. The molecule has 8 heteroatoms. The number of imide groups is 1. The number of amides is 3. The average molecular weight is 210 g/mol. The zero-order valence-corrected chi connectivity index (χ0v) is 8.31. The number of aromatic amines is 1. The molecule has 1 aliphatic rings. The molecule has 2 N–H and O–H groups in total. The molecule has 1 aliphatic heterocycles. The van der Waals surface area contributed by atoms with Gasteiger partial charge >= 0.3 is 6.03 Å². The van der Waals surface area contributed by atoms with Gasteiger partial charge in [-0.25, -0.2) is 4.79 Å². The van der Waals surface area contributed by atoms with E-state index in [0.717, 1.165) is 4.90 Å². The number of carbonyl (C=O) groups is 2. The summed E-state index contributed by atoms with van der Waals surface area (Å²) in [5, 5.41) is 15.5. The van der Waals surface area contributed by atoms with Gasteiger partial charge in [0.15, 0.2) is 5.82 Å². The van der Waals surface area contributed by atoms with E-state index in [1.165, 1.54) is 0 Å². The van der Waals surface area contributed by atoms with E-state index in [2.05, 4.69) is 25.9 Å². The number of urea groups is 1. The van der Waals surface area contributed by atoms with Gasteiger partial charge in [-0.1, -0.05) is 5.21 Å². The highest BCUT2D eigenvalue weighted by molar-refractivity contribution is 6.06. The van der Waals surface area contributed by atoms with Crippen molar-refractivity contribution in [1.82, 2.24) is 30.8 Å². The van der Waals surface area contributed by atoms with Gasteiger partial charge in [-0.3, -0.25) is 9.69 Å². The minimum Gasteiger partial charge on any atom is -0.324 e. The van der Waals surface area contributed by atoms with E-state index in [1.54, 1.807) is 13.8 Å². The molecule has 80 valence electrons. The standard InChI is InChI=1S/C7H10N6O2/c1-7(2)5(14)13(6(15)8-7)3-4-9-11-12-10-4/h3H2,1-2H3,(H,8,15)(H,9,10,11,12). The van der Waals surface area contributed by atoms with Gasteiger partial charge in [-0.15, -0.1) is 10.2 Å². The average Bonchev–Trinajstić information content (AvgIpc) is 2.69. The summed E-state index contributed by atoms with van der Waals surface area (Å²) in [6.07, 6.45) is 0. The van der Waals surface area contributed by atoms with E-state index in [1.807, 2.05) is 0 Å². The highest BCUT2D eigenvalue weighted by Gasteiger charge is 2.44. The first-order valence-corrected chi connectivity index (χ1v) is 4.37. The summed E-state index contributed by atoms with van der Waals surface area (Å²) in [4.78, 5) is 24.2. The van der Waals surface area contributed by atoms with Gasteiger partial charge < -0.3 is 5.32 Å². The van der Waals surface area contributed by atoms with Crippen molar-refractivity contribution in [2.75, 3.05) is 0 Å². The van der Waals surface area contributed by atoms with Crippen LogP contribution < -0.4 is 5.32 Å². The number of rotatable bonds is 2. The normalized spacial score (nSPS) is 19.5. The zero-order chi connectivity index (χ0) is 11.1. The maximum Gasteiger partial charge on any atom is 0.325 e. The number of carbonyl (C=O) groups excluding carboxylic acids is 2. The molecule has 1 aromatic rings. The fourth-order valence-corrected chi connectivity index (χ4v) is 1.35. The quantitative estimate of drug-likeness (QED) is 0.611. The summed E-state index contributed by atoms with van der Waals surface area (Å²) >= 11 is 0. The third-order valence-corrected chi connectivity index (χ3v) is 2.13. The Labute approximate surface area is 85.0 Å². The van der Waals surface area contributed by atoms with E-state index in [4.69, 9.17) is 0 Å². The Kier molecular flexibility index (Phi) is 1.92. The van der Waals surface area contributed by atoms with Crippen molar-refractivity contribution in [2.45, 2.75) is 25.9 Å². The van der Waals surface area contributed by atoms with Crippen LogP contribution in [0.25, 0.3) is 0 Å². The Morgan fingerprint density at radius 3 is 2.60 bits per heavy atom. The van der Waals surface area contributed by atoms with Crippen molar-refractivity contribution in [1.29, 1.82) is 0 Å². The van der Waals surface area contributed by atoms with Crippen LogP contribution in [0.4, 0.5) is 4.79 Å². The monoisotopic (exact) mass is 210 g/mol. The summed E-state index contributed by atoms with van der Waals surface area (Å²) in [7, 11) is 0. The predicted molar refractivity (Wildman–Crippen MR) is 47.3 cm³/mol. The van der Waals surface area contributed by atoms with Crippen LogP contribution in [-0.4, -0.2) is 43.0 Å². The molecule has 1 aromatic heterocycles. The highest BCUT2D eigenvalue weighted by atomic mass is 16.2. The van der Waals surface area contributed by atoms with Crippen LogP contribution in [-0.2, 0) is 11.3 Å². The molecule has 1 fully saturated rings. The topological polar surface area (TPSA) is 104 Å². The number of nitrogens with zero attached hydrogens (tertiary/aromatic N) is 4. The fourth-order valence-electron chi connectivity index (χ4n) is 1.35. The predicted octanol–water partition coefficient (Wildman–Crippen LogP) is -0.970. The Morgan fingerprint density at radius 1 is 1.40 bits per heavy atom. The molecule has 1 saturated heterocycles. The maximum atomic E-state index is 11.7. The molecule has 0 spiro atoms. The van der Waals surface area contributed by atoms with Gasteiger partial charge in [0, 0.05) is 0 Å². The minimum atomic E-state index is -0.860. The Morgan fingerprint density at radius 2 is 2.13 bits per heavy atom. The minimum absolute atomic E-state index is 0.0323. The lowest BCUT2D eigenvalue weighted by atomic mass is 10.1. The second-order valence-corrected chi connectivity index (χ2v) is 3.77. The smallest absolute Gasteiger partial charge is 0.324 e. The lowest BCUT2D eigenvalue weighted by Crippen LogP contribution is -2.40. The van der Waals surface area contributed by atoms with E-state index < -0.39 is 11.6 Å². The van der Waals surface area contributed by atoms with Gasteiger partial charge in [0.2, 0.25) is 0 Å². The second kappa shape index (κ2) is 3.01. The Hall–Kier alpha value is -1.99. The molecule has 0 aliphatic carbocycles. The molecule has 0 radical (unpaired) electrons. The van der Waals surface area contributed by atoms with Crippen LogP contribution in [0, 0.1) is 0 Å². The summed E-state index contributed by atoms with van der Waals surface area (Å²) in [5.74, 6) is 0.00787. The van der Waals surface area contributed by atoms with Gasteiger partial charge in [-0.05, 0) is 13.8 Å². The lowest BCUT2D eigenvalue weighted by molar-refractivity contribution is -0.130. The molecule has 0 aromatic carbocycles. The number of nitrogens with one attached hydrogen (secondary N) is 2. The Balaban J connectivity index is 2.17. The molecule has 2 rings (SSSR count). The van der Waals surface area contributed by atoms with Crippen LogP contribution in [0.15, 0.2) is 0 Å². The van der Waals surface area contributed by atoms with Crippen molar-refractivity contribution >= 4 is 11.9 Å². The summed E-state index contributed by atoms with van der Waals surface area (Å²) in [6.45, 7) is 3.32. The van der Waals surface area contributed by atoms with Crippen molar-refractivity contribution < 1.29 is 9.59 Å². The largest absolute Gasteiger partial charge is 0.325 e. The van der Waals surface area contributed by atoms with Crippen LogP contribution in [0.1, 0.15) is 19.7 Å². The molecule has 3 amide bonds. The molecule has 0 saturated carbocycles. The first-order valence-electron chi connectivity index (χ1n) is 4.37. The summed E-state index contributed by atoms with van der Waals surface area (Å²) in [6, 6.07) is -0.435. The number of hydrogen-bond acceptors (Lipinski definition) is 5. The molecular formula is C7H10N6O2. The van der Waals surface area contributed by atoms with Gasteiger partial charge in [0.1, 0.15) is 5.54 Å². The number of tetrazole rings is 1. The van der Waals surface area contributed by atoms with Crippen LogP contribution >= 0.6 is 0 Å². The first-order chi connectivity index (χ1) is 7.00. The summed E-state index contributed by atoms with van der Waals surface area (Å²) in [5.41, 5.74) is -0.860. The van der Waals surface area contributed by atoms with E-state index in [-0.39, 0.29) is 12.5 Å². The van der Waals surface area contributed by atoms with Crippen LogP contribution in [0.2, 0.25) is 0 Å². The second-order valence-electron chi connectivity index (χ2n) is 3.77. The van der Waals surface area contributed by atoms with Gasteiger partial charge in [0.05, 0.1) is 6.54 Å². The molecule has 0 atom stereocenters. The fraction of sp³-hybridized carbons (Fsp3) is 0.571.